The number of piperazine rings is 1. The van der Waals surface area contributed by atoms with Crippen LogP contribution in [0.25, 0.3) is 16.6 Å². The number of anilines is 1. The summed E-state index contributed by atoms with van der Waals surface area (Å²) in [6.45, 7) is 4.49. The molecule has 5 rings (SSSR count). The van der Waals surface area contributed by atoms with Crippen molar-refractivity contribution in [3.63, 3.8) is 0 Å². The van der Waals surface area contributed by atoms with Gasteiger partial charge in [0.2, 0.25) is 0 Å². The van der Waals surface area contributed by atoms with Crippen LogP contribution >= 0.6 is 0 Å². The molecule has 0 bridgehead atoms. The molecule has 1 N–H and O–H groups in total. The van der Waals surface area contributed by atoms with E-state index in [0.29, 0.717) is 6.42 Å². The van der Waals surface area contributed by atoms with Crippen LogP contribution in [0.3, 0.4) is 0 Å². The van der Waals surface area contributed by atoms with Crippen LogP contribution in [-0.2, 0) is 0 Å². The van der Waals surface area contributed by atoms with Crippen molar-refractivity contribution in [3.05, 3.63) is 95.0 Å². The third kappa shape index (κ3) is 4.09. The quantitative estimate of drug-likeness (QED) is 0.478. The van der Waals surface area contributed by atoms with Gasteiger partial charge in [-0.25, -0.2) is 0 Å². The van der Waals surface area contributed by atoms with Gasteiger partial charge in [0.1, 0.15) is 0 Å². The molecule has 0 aliphatic carbocycles. The topological polar surface area (TPSA) is 61.3 Å². The van der Waals surface area contributed by atoms with Crippen molar-refractivity contribution >= 4 is 22.4 Å². The molecule has 1 aliphatic rings. The van der Waals surface area contributed by atoms with Crippen LogP contribution in [0.1, 0.15) is 16.8 Å². The summed E-state index contributed by atoms with van der Waals surface area (Å²) in [6, 6.07) is 21.2. The summed E-state index contributed by atoms with van der Waals surface area (Å²) in [6.07, 6.45) is 4.15. The van der Waals surface area contributed by atoms with Crippen molar-refractivity contribution in [2.75, 3.05) is 37.6 Å². The van der Waals surface area contributed by atoms with Gasteiger partial charge in [0.25, 0.3) is 5.56 Å². The van der Waals surface area contributed by atoms with Gasteiger partial charge < -0.3 is 9.88 Å². The number of carbonyl (C=O) groups is 1. The van der Waals surface area contributed by atoms with E-state index in [9.17, 15) is 9.59 Å². The molecule has 2 aromatic heterocycles. The second-order valence-electron chi connectivity index (χ2n) is 8.18. The first-order valence-electron chi connectivity index (χ1n) is 11.0. The Morgan fingerprint density at radius 2 is 1.56 bits per heavy atom. The fourth-order valence-corrected chi connectivity index (χ4v) is 4.39. The summed E-state index contributed by atoms with van der Waals surface area (Å²) < 4.78 is 1.65. The molecule has 0 amide bonds. The normalized spacial score (nSPS) is 14.7. The smallest absolute Gasteiger partial charge is 0.255 e. The molecule has 1 saturated heterocycles. The minimum absolute atomic E-state index is 0.0314. The lowest BCUT2D eigenvalue weighted by atomic mass is 10.1. The van der Waals surface area contributed by atoms with Crippen LogP contribution in [0, 0.1) is 0 Å². The predicted octanol–water partition coefficient (Wildman–Crippen LogP) is 3.71. The van der Waals surface area contributed by atoms with E-state index < -0.39 is 0 Å². The first kappa shape index (κ1) is 20.3. The molecule has 3 heterocycles. The highest BCUT2D eigenvalue weighted by Gasteiger charge is 2.19. The number of ketones is 1. The zero-order valence-corrected chi connectivity index (χ0v) is 17.9. The highest BCUT2D eigenvalue weighted by Crippen LogP contribution is 2.21. The number of aromatic nitrogens is 2. The van der Waals surface area contributed by atoms with Crippen molar-refractivity contribution in [3.8, 4) is 5.69 Å². The number of para-hydroxylation sites is 1. The maximum Gasteiger partial charge on any atom is 0.255 e. The lowest BCUT2D eigenvalue weighted by molar-refractivity contribution is 0.0964. The zero-order valence-electron chi connectivity index (χ0n) is 17.9. The molecule has 1 fully saturated rings. The van der Waals surface area contributed by atoms with Crippen molar-refractivity contribution in [1.29, 1.82) is 0 Å². The Kier molecular flexibility index (Phi) is 5.60. The summed E-state index contributed by atoms with van der Waals surface area (Å²) in [5, 5.41) is 1.00. The number of H-pyrrole nitrogens is 1. The van der Waals surface area contributed by atoms with Crippen LogP contribution in [-0.4, -0.2) is 53.0 Å². The molecule has 0 atom stereocenters. The van der Waals surface area contributed by atoms with Gasteiger partial charge >= 0.3 is 0 Å². The van der Waals surface area contributed by atoms with Crippen LogP contribution in [0.5, 0.6) is 0 Å². The summed E-state index contributed by atoms with van der Waals surface area (Å²) in [4.78, 5) is 32.7. The molecule has 0 saturated carbocycles. The second kappa shape index (κ2) is 8.85. The second-order valence-corrected chi connectivity index (χ2v) is 8.18. The molecule has 32 heavy (non-hydrogen) atoms. The number of carbonyl (C=O) groups excluding carboxylic acids is 1. The standard InChI is InChI=1S/C26H26N4O2/c31-25(23-19-27-24-6-2-1-5-22(23)24)12-14-28-15-17-29(18-16-28)20-8-10-21(11-9-20)30-13-4-3-7-26(30)32/h1-11,13,19,27H,12,14-18H2. The number of fused-ring (bicyclic) bond motifs is 1. The lowest BCUT2D eigenvalue weighted by Crippen LogP contribution is -2.46. The molecule has 0 unspecified atom stereocenters. The number of nitrogens with zero attached hydrogens (tertiary/aromatic N) is 3. The number of hydrogen-bond acceptors (Lipinski definition) is 4. The van der Waals surface area contributed by atoms with E-state index in [1.807, 2.05) is 48.7 Å². The van der Waals surface area contributed by atoms with Crippen LogP contribution < -0.4 is 10.5 Å². The maximum absolute atomic E-state index is 12.7. The van der Waals surface area contributed by atoms with E-state index in [4.69, 9.17) is 0 Å². The van der Waals surface area contributed by atoms with Crippen molar-refractivity contribution in [1.82, 2.24) is 14.5 Å². The molecule has 0 radical (unpaired) electrons. The van der Waals surface area contributed by atoms with Gasteiger partial charge in [-0.3, -0.25) is 19.1 Å². The van der Waals surface area contributed by atoms with Gasteiger partial charge in [0.15, 0.2) is 5.78 Å². The average Bonchev–Trinajstić information content (AvgIpc) is 3.28. The Balaban J connectivity index is 1.15. The SMILES string of the molecule is O=C(CCN1CCN(c2ccc(-n3ccccc3=O)cc2)CC1)c1c[nH]c2ccccc12. The van der Waals surface area contributed by atoms with E-state index in [2.05, 4.69) is 26.9 Å². The Bertz CT molecular complexity index is 1280. The monoisotopic (exact) mass is 426 g/mol. The minimum atomic E-state index is -0.0314. The van der Waals surface area contributed by atoms with E-state index >= 15 is 0 Å². The molecule has 6 nitrogen and oxygen atoms in total. The van der Waals surface area contributed by atoms with Gasteiger partial charge in [0, 0.05) is 85.4 Å². The number of aromatic amines is 1. The molecule has 6 heteroatoms. The number of rotatable bonds is 6. The van der Waals surface area contributed by atoms with Gasteiger partial charge in [-0.15, -0.1) is 0 Å². The van der Waals surface area contributed by atoms with E-state index in [1.54, 1.807) is 22.9 Å². The number of pyridine rings is 1. The molecular weight excluding hydrogens is 400 g/mol. The Hall–Kier alpha value is -3.64. The number of Topliss-reactive ketones (excluding diaryl/α,β-unsaturated/α-hetero) is 1. The first-order valence-corrected chi connectivity index (χ1v) is 11.0. The molecule has 1 aliphatic heterocycles. The highest BCUT2D eigenvalue weighted by atomic mass is 16.1. The summed E-state index contributed by atoms with van der Waals surface area (Å²) in [7, 11) is 0. The number of hydrogen-bond donors (Lipinski definition) is 1. The fourth-order valence-electron chi connectivity index (χ4n) is 4.39. The highest BCUT2D eigenvalue weighted by molar-refractivity contribution is 6.07. The molecular formula is C26H26N4O2. The number of benzene rings is 2. The average molecular weight is 427 g/mol. The van der Waals surface area contributed by atoms with Crippen molar-refractivity contribution < 1.29 is 4.79 Å². The summed E-state index contributed by atoms with van der Waals surface area (Å²) >= 11 is 0. The fraction of sp³-hybridized carbons (Fsp3) is 0.231. The lowest BCUT2D eigenvalue weighted by Gasteiger charge is -2.36. The van der Waals surface area contributed by atoms with E-state index in [-0.39, 0.29) is 11.3 Å². The largest absolute Gasteiger partial charge is 0.369 e. The number of nitrogens with one attached hydrogen (secondary N) is 1. The summed E-state index contributed by atoms with van der Waals surface area (Å²) in [5.41, 5.74) is 3.79. The van der Waals surface area contributed by atoms with Crippen molar-refractivity contribution in [2.24, 2.45) is 0 Å². The van der Waals surface area contributed by atoms with Gasteiger partial charge in [-0.1, -0.05) is 24.3 Å². The molecule has 162 valence electrons. The van der Waals surface area contributed by atoms with Gasteiger partial charge in [-0.05, 0) is 36.4 Å². The third-order valence-electron chi connectivity index (χ3n) is 6.23. The van der Waals surface area contributed by atoms with Crippen LogP contribution in [0.2, 0.25) is 0 Å². The molecule has 4 aromatic rings. The van der Waals surface area contributed by atoms with E-state index in [0.717, 1.165) is 60.6 Å². The summed E-state index contributed by atoms with van der Waals surface area (Å²) in [5.74, 6) is 0.191. The Labute approximate surface area is 186 Å². The van der Waals surface area contributed by atoms with Crippen LogP contribution in [0.4, 0.5) is 5.69 Å². The maximum atomic E-state index is 12.7. The first-order chi connectivity index (χ1) is 15.7. The van der Waals surface area contributed by atoms with Crippen LogP contribution in [0.15, 0.2) is 83.9 Å². The third-order valence-corrected chi connectivity index (χ3v) is 6.23. The zero-order chi connectivity index (χ0) is 21.9. The van der Waals surface area contributed by atoms with Crippen molar-refractivity contribution in [2.45, 2.75) is 6.42 Å². The Morgan fingerprint density at radius 1 is 0.844 bits per heavy atom. The van der Waals surface area contributed by atoms with Gasteiger partial charge in [-0.2, -0.15) is 0 Å². The molecule has 0 spiro atoms. The van der Waals surface area contributed by atoms with E-state index in [1.165, 1.54) is 0 Å². The Morgan fingerprint density at radius 3 is 2.34 bits per heavy atom. The predicted molar refractivity (Wildman–Crippen MR) is 128 cm³/mol. The minimum Gasteiger partial charge on any atom is -0.369 e. The molecule has 2 aromatic carbocycles. The van der Waals surface area contributed by atoms with Gasteiger partial charge in [0.05, 0.1) is 0 Å².